The molecule has 39 heavy (non-hydrogen) atoms. The van der Waals surface area contributed by atoms with Gasteiger partial charge in [-0.2, -0.15) is 0 Å². The molecule has 0 unspecified atom stereocenters. The predicted octanol–water partition coefficient (Wildman–Crippen LogP) is 3.84. The van der Waals surface area contributed by atoms with Crippen LogP contribution in [0, 0.1) is 0 Å². The van der Waals surface area contributed by atoms with E-state index in [4.69, 9.17) is 23.7 Å². The van der Waals surface area contributed by atoms with Gasteiger partial charge in [0.05, 0.1) is 53.0 Å². The van der Waals surface area contributed by atoms with Crippen LogP contribution in [0.5, 0.6) is 34.5 Å². The van der Waals surface area contributed by atoms with Gasteiger partial charge < -0.3 is 44.1 Å². The maximum atomic E-state index is 10.4. The number of fused-ring (bicyclic) bond motifs is 2. The zero-order valence-corrected chi connectivity index (χ0v) is 22.0. The number of benzene rings is 3. The van der Waals surface area contributed by atoms with E-state index in [1.165, 1.54) is 13.2 Å². The highest BCUT2D eigenvalue weighted by Gasteiger charge is 2.42. The summed E-state index contributed by atoms with van der Waals surface area (Å²) in [5.41, 5.74) is 3.84. The maximum Gasteiger partial charge on any atom is 0.165 e. The summed E-state index contributed by atoms with van der Waals surface area (Å²) in [5, 5.41) is 40.1. The van der Waals surface area contributed by atoms with Crippen molar-refractivity contribution in [3.8, 4) is 34.5 Å². The van der Waals surface area contributed by atoms with E-state index in [0.29, 0.717) is 28.7 Å². The molecule has 4 atom stereocenters. The van der Waals surface area contributed by atoms with Crippen LogP contribution in [0.3, 0.4) is 0 Å². The van der Waals surface area contributed by atoms with Crippen LogP contribution < -0.4 is 23.7 Å². The monoisotopic (exact) mass is 536 g/mol. The van der Waals surface area contributed by atoms with Crippen LogP contribution in [0.15, 0.2) is 48.5 Å². The van der Waals surface area contributed by atoms with Crippen molar-refractivity contribution in [2.24, 2.45) is 0 Å². The van der Waals surface area contributed by atoms with Crippen molar-refractivity contribution >= 4 is 6.08 Å². The van der Waals surface area contributed by atoms with E-state index in [2.05, 4.69) is 0 Å². The standard InChI is InChI=1S/C30H32O9/c1-35-24-12-17(6-7-23(24)34)27-22(15-33)20-11-18(13-26(37-3)30(20)38-27)28-21(14-32)19-9-16(5-4-8-31)10-25(36-2)29(19)39-28/h4-7,9-13,21-22,27-28,31-34H,8,14-15H2,1-3H3/t21-,22-,27+,28+/m0/s1. The number of phenols is 1. The predicted molar refractivity (Wildman–Crippen MR) is 143 cm³/mol. The molecule has 0 aliphatic carbocycles. The molecule has 0 amide bonds. The van der Waals surface area contributed by atoms with Crippen LogP contribution in [0.25, 0.3) is 6.08 Å². The van der Waals surface area contributed by atoms with Crippen LogP contribution in [-0.2, 0) is 0 Å². The number of methoxy groups -OCH3 is 3. The first-order chi connectivity index (χ1) is 19.0. The van der Waals surface area contributed by atoms with E-state index < -0.39 is 24.0 Å². The fourth-order valence-corrected chi connectivity index (χ4v) is 5.45. The first kappa shape index (κ1) is 26.7. The Morgan fingerprint density at radius 2 is 1.28 bits per heavy atom. The second-order valence-electron chi connectivity index (χ2n) is 9.45. The second-order valence-corrected chi connectivity index (χ2v) is 9.45. The van der Waals surface area contributed by atoms with Crippen molar-refractivity contribution in [1.82, 2.24) is 0 Å². The normalized spacial score (nSPS) is 21.3. The van der Waals surface area contributed by atoms with Gasteiger partial charge in [-0.3, -0.25) is 0 Å². The molecule has 2 aliphatic heterocycles. The average molecular weight is 537 g/mol. The molecule has 0 saturated heterocycles. The van der Waals surface area contributed by atoms with Crippen molar-refractivity contribution in [2.45, 2.75) is 24.0 Å². The number of hydrogen-bond donors (Lipinski definition) is 4. The molecular weight excluding hydrogens is 504 g/mol. The molecule has 206 valence electrons. The van der Waals surface area contributed by atoms with Crippen molar-refractivity contribution in [3.63, 3.8) is 0 Å². The molecule has 9 nitrogen and oxygen atoms in total. The van der Waals surface area contributed by atoms with Crippen LogP contribution in [0.2, 0.25) is 0 Å². The maximum absolute atomic E-state index is 10.4. The third kappa shape index (κ3) is 4.63. The van der Waals surface area contributed by atoms with Crippen molar-refractivity contribution in [1.29, 1.82) is 0 Å². The minimum absolute atomic E-state index is 0.00982. The summed E-state index contributed by atoms with van der Waals surface area (Å²) in [6.45, 7) is -0.469. The Hall–Kier alpha value is -3.92. The third-order valence-corrected chi connectivity index (χ3v) is 7.34. The summed E-state index contributed by atoms with van der Waals surface area (Å²) in [5.74, 6) is 1.56. The summed E-state index contributed by atoms with van der Waals surface area (Å²) in [4.78, 5) is 0. The van der Waals surface area contributed by atoms with E-state index in [0.717, 1.165) is 27.8 Å². The molecular formula is C30H32O9. The SMILES string of the molecule is COc1cc([C@H]2Oc3c(OC)cc([C@H]4Oc5c(OC)cc(C=CCO)cc5[C@@H]4CO)cc3[C@@H]2CO)ccc1O. The highest BCUT2D eigenvalue weighted by atomic mass is 16.5. The van der Waals surface area contributed by atoms with Crippen LogP contribution in [0.4, 0.5) is 0 Å². The molecule has 0 saturated carbocycles. The van der Waals surface area contributed by atoms with Gasteiger partial charge in [0.1, 0.15) is 12.2 Å². The van der Waals surface area contributed by atoms with Crippen molar-refractivity contribution < 1.29 is 44.1 Å². The van der Waals surface area contributed by atoms with Gasteiger partial charge in [-0.15, -0.1) is 0 Å². The van der Waals surface area contributed by atoms with Crippen LogP contribution >= 0.6 is 0 Å². The van der Waals surface area contributed by atoms with Gasteiger partial charge in [-0.25, -0.2) is 0 Å². The zero-order chi connectivity index (χ0) is 27.7. The highest BCUT2D eigenvalue weighted by molar-refractivity contribution is 5.63. The first-order valence-corrected chi connectivity index (χ1v) is 12.6. The van der Waals surface area contributed by atoms with E-state index in [1.807, 2.05) is 24.3 Å². The van der Waals surface area contributed by atoms with E-state index >= 15 is 0 Å². The number of hydrogen-bond acceptors (Lipinski definition) is 9. The van der Waals surface area contributed by atoms with E-state index in [9.17, 15) is 20.4 Å². The van der Waals surface area contributed by atoms with Gasteiger partial charge in [0.15, 0.2) is 34.5 Å². The third-order valence-electron chi connectivity index (χ3n) is 7.34. The summed E-state index contributed by atoms with van der Waals surface area (Å²) in [7, 11) is 4.57. The Morgan fingerprint density at radius 1 is 0.718 bits per heavy atom. The molecule has 0 fully saturated rings. The highest BCUT2D eigenvalue weighted by Crippen LogP contribution is 2.55. The fraction of sp³-hybridized carbons (Fsp3) is 0.333. The van der Waals surface area contributed by atoms with E-state index in [-0.39, 0.29) is 25.6 Å². The lowest BCUT2D eigenvalue weighted by molar-refractivity contribution is 0.156. The lowest BCUT2D eigenvalue weighted by atomic mass is 9.86. The lowest BCUT2D eigenvalue weighted by Crippen LogP contribution is -2.15. The quantitative estimate of drug-likeness (QED) is 0.323. The smallest absolute Gasteiger partial charge is 0.165 e. The molecule has 2 aliphatic rings. The molecule has 0 spiro atoms. The van der Waals surface area contributed by atoms with Gasteiger partial charge in [-0.1, -0.05) is 18.2 Å². The number of aliphatic hydroxyl groups is 3. The van der Waals surface area contributed by atoms with E-state index in [1.54, 1.807) is 38.5 Å². The molecule has 3 aromatic carbocycles. The topological polar surface area (TPSA) is 127 Å². The molecule has 9 heteroatoms. The van der Waals surface area contributed by atoms with Crippen molar-refractivity contribution in [3.05, 3.63) is 76.4 Å². The number of rotatable bonds is 9. The second kappa shape index (κ2) is 11.1. The molecule has 2 heterocycles. The Bertz CT molecular complexity index is 1380. The summed E-state index contributed by atoms with van der Waals surface area (Å²) in [6.07, 6.45) is 2.32. The molecule has 0 radical (unpaired) electrons. The fourth-order valence-electron chi connectivity index (χ4n) is 5.45. The Labute approximate surface area is 226 Å². The first-order valence-electron chi connectivity index (χ1n) is 12.6. The lowest BCUT2D eigenvalue weighted by Gasteiger charge is -2.20. The Kier molecular flexibility index (Phi) is 7.56. The molecule has 0 aromatic heterocycles. The number of aliphatic hydroxyl groups excluding tert-OH is 3. The average Bonchev–Trinajstić information content (AvgIpc) is 3.53. The van der Waals surface area contributed by atoms with Crippen LogP contribution in [-0.4, -0.2) is 61.6 Å². The molecule has 0 bridgehead atoms. The number of ether oxygens (including phenoxy) is 5. The van der Waals surface area contributed by atoms with Gasteiger partial charge >= 0.3 is 0 Å². The summed E-state index contributed by atoms with van der Waals surface area (Å²) in [6, 6.07) is 12.4. The zero-order valence-electron chi connectivity index (χ0n) is 22.0. The van der Waals surface area contributed by atoms with Gasteiger partial charge in [-0.05, 0) is 53.1 Å². The Morgan fingerprint density at radius 3 is 1.87 bits per heavy atom. The molecule has 5 rings (SSSR count). The molecule has 4 N–H and O–H groups in total. The minimum atomic E-state index is -0.553. The van der Waals surface area contributed by atoms with Crippen molar-refractivity contribution in [2.75, 3.05) is 41.2 Å². The largest absolute Gasteiger partial charge is 0.504 e. The van der Waals surface area contributed by atoms with Gasteiger partial charge in [0.2, 0.25) is 0 Å². The number of phenolic OH excluding ortho intramolecular Hbond substituents is 1. The van der Waals surface area contributed by atoms with Gasteiger partial charge in [0.25, 0.3) is 0 Å². The van der Waals surface area contributed by atoms with Crippen LogP contribution in [0.1, 0.15) is 51.9 Å². The Balaban J connectivity index is 1.55. The van der Waals surface area contributed by atoms with Gasteiger partial charge in [0, 0.05) is 11.1 Å². The minimum Gasteiger partial charge on any atom is -0.504 e. The molecule has 3 aromatic rings. The summed E-state index contributed by atoms with van der Waals surface area (Å²) >= 11 is 0. The summed E-state index contributed by atoms with van der Waals surface area (Å²) < 4.78 is 29.3. The number of aromatic hydroxyl groups is 1.